The van der Waals surface area contributed by atoms with E-state index in [1.54, 1.807) is 11.3 Å². The number of cyclic esters (lactones) is 1. The van der Waals surface area contributed by atoms with E-state index in [2.05, 4.69) is 51.7 Å². The number of benzene rings is 2. The van der Waals surface area contributed by atoms with Crippen LogP contribution >= 0.6 is 45.3 Å². The van der Waals surface area contributed by atoms with Gasteiger partial charge in [-0.3, -0.25) is 14.9 Å². The summed E-state index contributed by atoms with van der Waals surface area (Å²) >= 11 is 1.73. The van der Waals surface area contributed by atoms with Crippen molar-refractivity contribution in [2.24, 2.45) is 5.73 Å². The molecule has 5 rings (SSSR count). The van der Waals surface area contributed by atoms with Crippen molar-refractivity contribution >= 4 is 72.4 Å². The fraction of sp³-hybridized carbons (Fsp3) is 0.105. The van der Waals surface area contributed by atoms with Gasteiger partial charge in [-0.2, -0.15) is 0 Å². The van der Waals surface area contributed by atoms with Crippen LogP contribution in [0, 0.1) is 0 Å². The Balaban J connectivity index is 0.000000236. The summed E-state index contributed by atoms with van der Waals surface area (Å²) in [5, 5.41) is 8.09. The molecule has 1 aliphatic heterocycles. The Morgan fingerprint density at radius 2 is 1.76 bits per heavy atom. The lowest BCUT2D eigenvalue weighted by molar-refractivity contribution is -0.138. The first kappa shape index (κ1) is 23.0. The fourth-order valence-electron chi connectivity index (χ4n) is 2.67. The number of hydrogen-bond acceptors (Lipinski definition) is 6. The van der Waals surface area contributed by atoms with E-state index in [0.29, 0.717) is 0 Å². The molecule has 2 aromatic heterocycles. The van der Waals surface area contributed by atoms with Crippen LogP contribution in [0.15, 0.2) is 60.8 Å². The number of aromatic nitrogens is 2. The molecule has 3 N–H and O–H groups in total. The van der Waals surface area contributed by atoms with Gasteiger partial charge in [0.15, 0.2) is 4.96 Å². The van der Waals surface area contributed by atoms with Crippen LogP contribution in [0.2, 0.25) is 0 Å². The van der Waals surface area contributed by atoms with Crippen LogP contribution in [0.3, 0.4) is 0 Å². The fourth-order valence-corrected chi connectivity index (χ4v) is 3.68. The average Bonchev–Trinajstić information content (AvgIpc) is 3.00. The molecule has 0 aliphatic carbocycles. The van der Waals surface area contributed by atoms with Gasteiger partial charge in [-0.1, -0.05) is 53.8 Å². The second-order valence-electron chi connectivity index (χ2n) is 6.06. The number of carbonyl (C=O) groups is 2. The molecule has 4 aromatic rings. The second kappa shape index (κ2) is 9.04. The molecule has 1 fully saturated rings. The molecule has 2 aromatic carbocycles. The number of carboxylic acids is 1. The van der Waals surface area contributed by atoms with Crippen molar-refractivity contribution in [1.82, 2.24) is 9.38 Å². The van der Waals surface area contributed by atoms with Gasteiger partial charge in [0.05, 0.1) is 15.9 Å². The third kappa shape index (κ3) is 4.84. The maximum absolute atomic E-state index is 10.1. The molecule has 1 aliphatic rings. The van der Waals surface area contributed by atoms with E-state index >= 15 is 0 Å². The first-order chi connectivity index (χ1) is 13.0. The number of nitrogens with zero attached hydrogens (tertiary/aromatic N) is 2. The summed E-state index contributed by atoms with van der Waals surface area (Å²) in [5.41, 5.74) is 6.96. The van der Waals surface area contributed by atoms with E-state index in [-0.39, 0.29) is 34.0 Å². The van der Waals surface area contributed by atoms with Crippen LogP contribution in [0.1, 0.15) is 6.42 Å². The van der Waals surface area contributed by atoms with Crippen LogP contribution in [-0.4, -0.2) is 32.2 Å². The number of thiazole rings is 1. The summed E-state index contributed by atoms with van der Waals surface area (Å²) < 4.78 is 7.62. The van der Waals surface area contributed by atoms with Gasteiger partial charge in [-0.05, 0) is 12.1 Å². The molecule has 152 valence electrons. The van der Waals surface area contributed by atoms with Gasteiger partial charge in [-0.15, -0.1) is 34.0 Å². The van der Waals surface area contributed by atoms with Crippen molar-refractivity contribution in [3.63, 3.8) is 0 Å². The number of rotatable bonds is 3. The second-order valence-corrected chi connectivity index (χ2v) is 7.07. The smallest absolute Gasteiger partial charge is 0.369 e. The molecule has 1 unspecified atom stereocenters. The van der Waals surface area contributed by atoms with Crippen LogP contribution in [0.4, 0.5) is 0 Å². The largest absolute Gasteiger partial charge is 0.481 e. The lowest BCUT2D eigenvalue weighted by Gasteiger charge is -1.93. The number of ether oxygens (including phenoxy) is 1. The third-order valence-corrected chi connectivity index (χ3v) is 5.10. The van der Waals surface area contributed by atoms with Crippen molar-refractivity contribution in [1.29, 1.82) is 0 Å². The Labute approximate surface area is 190 Å². The molecule has 10 heteroatoms. The van der Waals surface area contributed by atoms with Crippen molar-refractivity contribution in [3.05, 3.63) is 60.8 Å². The zero-order chi connectivity index (χ0) is 19.0. The number of fused-ring (bicyclic) bond motifs is 3. The maximum atomic E-state index is 10.1. The van der Waals surface area contributed by atoms with E-state index in [1.165, 1.54) is 10.2 Å². The van der Waals surface area contributed by atoms with E-state index in [0.717, 1.165) is 16.2 Å². The average molecular weight is 543 g/mol. The number of imidazole rings is 1. The summed E-state index contributed by atoms with van der Waals surface area (Å²) in [5.74, 6) is -1.78. The van der Waals surface area contributed by atoms with Crippen molar-refractivity contribution < 1.29 is 19.4 Å². The lowest BCUT2D eigenvalue weighted by Crippen LogP contribution is -2.28. The first-order valence-electron chi connectivity index (χ1n) is 8.12. The van der Waals surface area contributed by atoms with E-state index in [1.807, 2.05) is 18.2 Å². The molecule has 3 heterocycles. The number of nitrogens with two attached hydrogens (primary N) is 1. The first-order valence-corrected chi connectivity index (χ1v) is 8.94. The minimum absolute atomic E-state index is 0. The monoisotopic (exact) mass is 541 g/mol. The predicted molar refractivity (Wildman–Crippen MR) is 122 cm³/mol. The Morgan fingerprint density at radius 3 is 2.34 bits per heavy atom. The van der Waals surface area contributed by atoms with Crippen LogP contribution in [-0.2, 0) is 14.3 Å². The van der Waals surface area contributed by atoms with Crippen LogP contribution in [0.25, 0.3) is 26.4 Å². The standard InChI is InChI=1S/C15H10N2S.C4H5NO4.2BrH/c1-2-6-11(7-3-1)12-10-17-13-8-4-5-9-14(13)18-15(17)16-12;5-4(1-2(6)7)3(8)9-4;;/h1-10H;1,5H2,(H,6,7);2*1H. The summed E-state index contributed by atoms with van der Waals surface area (Å²) in [4.78, 5) is 25.8. The predicted octanol–water partition coefficient (Wildman–Crippen LogP) is 4.04. The Morgan fingerprint density at radius 1 is 1.14 bits per heavy atom. The SMILES string of the molecule is Br.Br.NC1(CC(=O)O)OC1=O.c1ccc(-c2cn3c(n2)sc2ccccc23)cc1. The number of aliphatic carboxylic acids is 1. The quantitative estimate of drug-likeness (QED) is 0.378. The van der Waals surface area contributed by atoms with Crippen molar-refractivity contribution in [2.45, 2.75) is 12.1 Å². The topological polar surface area (TPSA) is 110 Å². The molecule has 1 saturated heterocycles. The Bertz CT molecular complexity index is 1160. The zero-order valence-electron chi connectivity index (χ0n) is 14.8. The molecule has 0 bridgehead atoms. The van der Waals surface area contributed by atoms with Gasteiger partial charge in [-0.25, -0.2) is 9.78 Å². The number of epoxide rings is 1. The van der Waals surface area contributed by atoms with Crippen molar-refractivity contribution in [2.75, 3.05) is 0 Å². The van der Waals surface area contributed by atoms with Crippen LogP contribution in [0.5, 0.6) is 0 Å². The van der Waals surface area contributed by atoms with Crippen molar-refractivity contribution in [3.8, 4) is 11.3 Å². The van der Waals surface area contributed by atoms with E-state index in [4.69, 9.17) is 15.8 Å². The molecular formula is C19H17Br2N3O4S. The summed E-state index contributed by atoms with van der Waals surface area (Å²) in [6, 6.07) is 18.7. The molecule has 7 nitrogen and oxygen atoms in total. The maximum Gasteiger partial charge on any atom is 0.369 e. The normalized spacial score (nSPS) is 16.8. The number of para-hydroxylation sites is 1. The molecule has 29 heavy (non-hydrogen) atoms. The summed E-state index contributed by atoms with van der Waals surface area (Å²) in [6.07, 6.45) is 1.66. The summed E-state index contributed by atoms with van der Waals surface area (Å²) in [6.45, 7) is 0. The number of halogens is 2. The summed E-state index contributed by atoms with van der Waals surface area (Å²) in [7, 11) is 0. The Kier molecular flexibility index (Phi) is 7.17. The van der Waals surface area contributed by atoms with Gasteiger partial charge < -0.3 is 9.84 Å². The molecule has 0 saturated carbocycles. The molecule has 0 amide bonds. The molecule has 1 atom stereocenters. The lowest BCUT2D eigenvalue weighted by atomic mass is 10.2. The van der Waals surface area contributed by atoms with Gasteiger partial charge >= 0.3 is 11.9 Å². The highest BCUT2D eigenvalue weighted by Gasteiger charge is 2.56. The zero-order valence-corrected chi connectivity index (χ0v) is 19.1. The van der Waals surface area contributed by atoms with Gasteiger partial charge in [0.1, 0.15) is 6.42 Å². The molecular weight excluding hydrogens is 526 g/mol. The molecule has 0 spiro atoms. The van der Waals surface area contributed by atoms with Crippen LogP contribution < -0.4 is 5.73 Å². The highest BCUT2D eigenvalue weighted by atomic mass is 79.9. The van der Waals surface area contributed by atoms with Gasteiger partial charge in [0.2, 0.25) is 0 Å². The van der Waals surface area contributed by atoms with E-state index in [9.17, 15) is 9.59 Å². The number of hydrogen-bond donors (Lipinski definition) is 2. The highest BCUT2D eigenvalue weighted by Crippen LogP contribution is 2.29. The minimum Gasteiger partial charge on any atom is -0.481 e. The Hall–Kier alpha value is -2.27. The minimum atomic E-state index is -1.51. The third-order valence-electron chi connectivity index (χ3n) is 4.06. The number of carbonyl (C=O) groups excluding carboxylic acids is 1. The van der Waals surface area contributed by atoms with E-state index < -0.39 is 24.1 Å². The number of carboxylic acid groups (broad SMARTS) is 1. The molecule has 0 radical (unpaired) electrons. The van der Waals surface area contributed by atoms with Gasteiger partial charge in [0, 0.05) is 11.8 Å². The highest BCUT2D eigenvalue weighted by molar-refractivity contribution is 8.93. The van der Waals surface area contributed by atoms with Gasteiger partial charge in [0.25, 0.3) is 5.72 Å².